The number of rotatable bonds is 4. The second-order valence-electron chi connectivity index (χ2n) is 4.40. The Morgan fingerprint density at radius 3 is 3.06 bits per heavy atom. The van der Waals surface area contributed by atoms with Crippen LogP contribution in [0.2, 0.25) is 0 Å². The van der Waals surface area contributed by atoms with Crippen molar-refractivity contribution in [2.45, 2.75) is 19.4 Å². The first-order valence-corrected chi connectivity index (χ1v) is 6.51. The van der Waals surface area contributed by atoms with Crippen molar-refractivity contribution in [3.63, 3.8) is 0 Å². The van der Waals surface area contributed by atoms with Gasteiger partial charge >= 0.3 is 0 Å². The number of thiophene rings is 1. The van der Waals surface area contributed by atoms with Gasteiger partial charge in [0.1, 0.15) is 6.61 Å². The topological polar surface area (TPSA) is 23.5 Å². The fourth-order valence-electron chi connectivity index (χ4n) is 1.74. The molecule has 1 fully saturated rings. The molecule has 1 aliphatic carbocycles. The molecule has 0 amide bonds. The minimum atomic E-state index is -0.0627. The van der Waals surface area contributed by atoms with Gasteiger partial charge in [0.05, 0.1) is 0 Å². The summed E-state index contributed by atoms with van der Waals surface area (Å²) in [5.74, 6) is 6.55. The summed E-state index contributed by atoms with van der Waals surface area (Å²) in [4.78, 5) is 3.73. The van der Waals surface area contributed by atoms with Crippen molar-refractivity contribution >= 4 is 11.3 Å². The van der Waals surface area contributed by atoms with Gasteiger partial charge in [-0.25, -0.2) is 0 Å². The minimum absolute atomic E-state index is 0.0627. The maximum atomic E-state index is 8.61. The fourth-order valence-corrected chi connectivity index (χ4v) is 2.64. The van der Waals surface area contributed by atoms with E-state index in [2.05, 4.69) is 35.2 Å². The van der Waals surface area contributed by atoms with E-state index >= 15 is 0 Å². The third-order valence-electron chi connectivity index (χ3n) is 2.66. The van der Waals surface area contributed by atoms with Gasteiger partial charge in [-0.1, -0.05) is 11.8 Å². The predicted molar refractivity (Wildman–Crippen MR) is 67.3 cm³/mol. The molecule has 1 N–H and O–H groups in total. The van der Waals surface area contributed by atoms with Crippen molar-refractivity contribution in [3.05, 3.63) is 21.9 Å². The second kappa shape index (κ2) is 5.49. The van der Waals surface area contributed by atoms with Crippen molar-refractivity contribution in [2.24, 2.45) is 5.92 Å². The Hall–Kier alpha value is -0.820. The zero-order valence-electron chi connectivity index (χ0n) is 9.57. The minimum Gasteiger partial charge on any atom is -0.384 e. The van der Waals surface area contributed by atoms with Gasteiger partial charge in [0.25, 0.3) is 0 Å². The van der Waals surface area contributed by atoms with Gasteiger partial charge in [0.15, 0.2) is 0 Å². The molecule has 16 heavy (non-hydrogen) atoms. The lowest BCUT2D eigenvalue weighted by Gasteiger charge is -2.14. The summed E-state index contributed by atoms with van der Waals surface area (Å²) < 4.78 is 0. The normalized spacial score (nSPS) is 14.9. The van der Waals surface area contributed by atoms with Crippen LogP contribution >= 0.6 is 11.3 Å². The van der Waals surface area contributed by atoms with Gasteiger partial charge in [-0.2, -0.15) is 0 Å². The average Bonchev–Trinajstić information content (AvgIpc) is 2.94. The lowest BCUT2D eigenvalue weighted by molar-refractivity contribution is 0.316. The third-order valence-corrected chi connectivity index (χ3v) is 3.58. The number of hydrogen-bond donors (Lipinski definition) is 1. The van der Waals surface area contributed by atoms with Gasteiger partial charge in [-0.05, 0) is 31.9 Å². The van der Waals surface area contributed by atoms with Gasteiger partial charge in [0, 0.05) is 28.9 Å². The highest BCUT2D eigenvalue weighted by atomic mass is 32.1. The van der Waals surface area contributed by atoms with Crippen LogP contribution in [0.15, 0.2) is 11.4 Å². The fraction of sp³-hybridized carbons (Fsp3) is 0.538. The lowest BCUT2D eigenvalue weighted by atomic mass is 10.3. The molecule has 0 spiro atoms. The Kier molecular flexibility index (Phi) is 4.00. The molecule has 2 nitrogen and oxygen atoms in total. The Balaban J connectivity index is 1.85. The molecule has 0 atom stereocenters. The Labute approximate surface area is 101 Å². The van der Waals surface area contributed by atoms with E-state index in [1.807, 2.05) is 0 Å². The summed E-state index contributed by atoms with van der Waals surface area (Å²) in [6.07, 6.45) is 2.81. The molecule has 86 valence electrons. The van der Waals surface area contributed by atoms with Crippen LogP contribution < -0.4 is 0 Å². The van der Waals surface area contributed by atoms with Crippen LogP contribution in [0.25, 0.3) is 0 Å². The standard InChI is InChI=1S/C13H17NOS/c1-14(8-11-4-5-11)9-13-7-12(10-16-13)3-2-6-15/h7,10-11,15H,4-6,8-9H2,1H3. The number of aliphatic hydroxyl groups is 1. The van der Waals surface area contributed by atoms with E-state index in [0.29, 0.717) is 0 Å². The van der Waals surface area contributed by atoms with E-state index in [-0.39, 0.29) is 6.61 Å². The van der Waals surface area contributed by atoms with E-state index in [0.717, 1.165) is 18.0 Å². The zero-order valence-corrected chi connectivity index (χ0v) is 10.4. The molecule has 1 aliphatic rings. The molecule has 2 rings (SSSR count). The number of hydrogen-bond acceptors (Lipinski definition) is 3. The van der Waals surface area contributed by atoms with Crippen LogP contribution in [-0.4, -0.2) is 30.2 Å². The quantitative estimate of drug-likeness (QED) is 0.806. The van der Waals surface area contributed by atoms with E-state index in [9.17, 15) is 0 Å². The lowest BCUT2D eigenvalue weighted by Crippen LogP contribution is -2.19. The summed E-state index contributed by atoms with van der Waals surface area (Å²) in [5.41, 5.74) is 1.02. The largest absolute Gasteiger partial charge is 0.384 e. The highest BCUT2D eigenvalue weighted by molar-refractivity contribution is 7.10. The molecule has 1 aromatic heterocycles. The van der Waals surface area contributed by atoms with Crippen LogP contribution in [-0.2, 0) is 6.54 Å². The molecule has 0 aromatic carbocycles. The summed E-state index contributed by atoms with van der Waals surface area (Å²) in [6.45, 7) is 2.17. The monoisotopic (exact) mass is 235 g/mol. The van der Waals surface area contributed by atoms with Crippen LogP contribution in [0.5, 0.6) is 0 Å². The van der Waals surface area contributed by atoms with Crippen molar-refractivity contribution in [1.82, 2.24) is 4.90 Å². The van der Waals surface area contributed by atoms with Crippen molar-refractivity contribution in [2.75, 3.05) is 20.2 Å². The number of nitrogens with zero attached hydrogens (tertiary/aromatic N) is 1. The highest BCUT2D eigenvalue weighted by Crippen LogP contribution is 2.30. The molecule has 1 saturated carbocycles. The smallest absolute Gasteiger partial charge is 0.104 e. The summed E-state index contributed by atoms with van der Waals surface area (Å²) in [5, 5.41) is 10.7. The molecule has 0 unspecified atom stereocenters. The van der Waals surface area contributed by atoms with E-state index in [1.54, 1.807) is 11.3 Å². The molecule has 1 heterocycles. The zero-order chi connectivity index (χ0) is 11.4. The third kappa shape index (κ3) is 3.64. The molecule has 0 saturated heterocycles. The first kappa shape index (κ1) is 11.7. The van der Waals surface area contributed by atoms with Crippen LogP contribution in [0.3, 0.4) is 0 Å². The first-order valence-electron chi connectivity index (χ1n) is 5.63. The first-order chi connectivity index (χ1) is 7.78. The summed E-state index contributed by atoms with van der Waals surface area (Å²) in [7, 11) is 2.18. The van der Waals surface area contributed by atoms with Crippen LogP contribution in [0.1, 0.15) is 23.3 Å². The van der Waals surface area contributed by atoms with Gasteiger partial charge in [-0.15, -0.1) is 11.3 Å². The molecular weight excluding hydrogens is 218 g/mol. The van der Waals surface area contributed by atoms with Crippen molar-refractivity contribution in [3.8, 4) is 11.8 Å². The Morgan fingerprint density at radius 1 is 1.56 bits per heavy atom. The van der Waals surface area contributed by atoms with Gasteiger partial charge in [-0.3, -0.25) is 0 Å². The predicted octanol–water partition coefficient (Wildman–Crippen LogP) is 1.93. The average molecular weight is 235 g/mol. The molecule has 0 radical (unpaired) electrons. The SMILES string of the molecule is CN(Cc1cc(C#CCO)cs1)CC1CC1. The molecule has 3 heteroatoms. The maximum Gasteiger partial charge on any atom is 0.104 e. The van der Waals surface area contributed by atoms with E-state index in [4.69, 9.17) is 5.11 Å². The maximum absolute atomic E-state index is 8.61. The van der Waals surface area contributed by atoms with Crippen LogP contribution in [0.4, 0.5) is 0 Å². The van der Waals surface area contributed by atoms with Gasteiger partial charge < -0.3 is 10.0 Å². The Bertz CT molecular complexity index is 398. The number of aliphatic hydroxyl groups excluding tert-OH is 1. The molecule has 1 aromatic rings. The molecule has 0 bridgehead atoms. The molecular formula is C13H17NOS. The highest BCUT2D eigenvalue weighted by Gasteiger charge is 2.22. The Morgan fingerprint density at radius 2 is 2.38 bits per heavy atom. The van der Waals surface area contributed by atoms with E-state index < -0.39 is 0 Å². The van der Waals surface area contributed by atoms with Crippen LogP contribution in [0, 0.1) is 17.8 Å². The molecule has 0 aliphatic heterocycles. The van der Waals surface area contributed by atoms with Crippen molar-refractivity contribution < 1.29 is 5.11 Å². The van der Waals surface area contributed by atoms with E-state index in [1.165, 1.54) is 24.3 Å². The van der Waals surface area contributed by atoms with Gasteiger partial charge in [0.2, 0.25) is 0 Å². The van der Waals surface area contributed by atoms with Crippen molar-refractivity contribution in [1.29, 1.82) is 0 Å². The summed E-state index contributed by atoms with van der Waals surface area (Å²) >= 11 is 1.75. The summed E-state index contributed by atoms with van der Waals surface area (Å²) in [6, 6.07) is 2.12. The second-order valence-corrected chi connectivity index (χ2v) is 5.40.